The van der Waals surface area contributed by atoms with Gasteiger partial charge in [0.1, 0.15) is 6.10 Å². The SMILES string of the molecule is CCCCOCC1C[C@]2(CC(C)(c3csc(Nc4ccccc4)n3)OC2=O)C(=O)O1. The summed E-state index contributed by atoms with van der Waals surface area (Å²) in [4.78, 5) is 30.1. The third-order valence-electron chi connectivity index (χ3n) is 5.61. The number of ether oxygens (including phenoxy) is 3. The highest BCUT2D eigenvalue weighted by Gasteiger charge is 2.65. The zero-order chi connectivity index (χ0) is 21.2. The van der Waals surface area contributed by atoms with Crippen molar-refractivity contribution in [3.05, 3.63) is 41.4 Å². The van der Waals surface area contributed by atoms with Crippen LogP contribution in [-0.4, -0.2) is 36.2 Å². The maximum absolute atomic E-state index is 12.8. The van der Waals surface area contributed by atoms with Crippen LogP contribution in [0, 0.1) is 5.41 Å². The number of carbonyl (C=O) groups is 2. The lowest BCUT2D eigenvalue weighted by Gasteiger charge is -2.20. The molecule has 0 radical (unpaired) electrons. The van der Waals surface area contributed by atoms with E-state index in [1.54, 1.807) is 6.92 Å². The number of benzene rings is 1. The molecule has 3 heterocycles. The van der Waals surface area contributed by atoms with Crippen LogP contribution in [0.5, 0.6) is 0 Å². The lowest BCUT2D eigenvalue weighted by atomic mass is 9.78. The largest absolute Gasteiger partial charge is 0.459 e. The Morgan fingerprint density at radius 1 is 1.27 bits per heavy atom. The minimum absolute atomic E-state index is 0.220. The number of unbranched alkanes of at least 4 members (excludes halogenated alkanes) is 1. The van der Waals surface area contributed by atoms with Gasteiger partial charge in [-0.1, -0.05) is 31.5 Å². The summed E-state index contributed by atoms with van der Waals surface area (Å²) < 4.78 is 16.8. The van der Waals surface area contributed by atoms with E-state index in [0.29, 0.717) is 24.0 Å². The van der Waals surface area contributed by atoms with Crippen molar-refractivity contribution >= 4 is 34.1 Å². The van der Waals surface area contributed by atoms with Gasteiger partial charge in [0, 0.05) is 30.5 Å². The first-order valence-corrected chi connectivity index (χ1v) is 11.1. The number of rotatable bonds is 8. The van der Waals surface area contributed by atoms with Crippen molar-refractivity contribution in [3.8, 4) is 0 Å². The minimum atomic E-state index is -1.27. The van der Waals surface area contributed by atoms with E-state index in [1.807, 2.05) is 35.7 Å². The molecule has 0 bridgehead atoms. The Morgan fingerprint density at radius 3 is 2.83 bits per heavy atom. The molecule has 2 unspecified atom stereocenters. The van der Waals surface area contributed by atoms with E-state index in [-0.39, 0.29) is 12.8 Å². The fourth-order valence-electron chi connectivity index (χ4n) is 3.99. The van der Waals surface area contributed by atoms with E-state index in [2.05, 4.69) is 17.2 Å². The molecular weight excluding hydrogens is 404 g/mol. The molecule has 1 aromatic heterocycles. The average Bonchev–Trinajstić information content (AvgIpc) is 3.38. The summed E-state index contributed by atoms with van der Waals surface area (Å²) in [5.74, 6) is -1.05. The fourth-order valence-corrected chi connectivity index (χ4v) is 4.84. The van der Waals surface area contributed by atoms with E-state index in [4.69, 9.17) is 14.2 Å². The van der Waals surface area contributed by atoms with Crippen molar-refractivity contribution in [1.29, 1.82) is 0 Å². The van der Waals surface area contributed by atoms with Gasteiger partial charge >= 0.3 is 11.9 Å². The molecular formula is C22H26N2O5S. The molecule has 30 heavy (non-hydrogen) atoms. The van der Waals surface area contributed by atoms with Crippen LogP contribution in [0.3, 0.4) is 0 Å². The lowest BCUT2D eigenvalue weighted by Crippen LogP contribution is -2.32. The third kappa shape index (κ3) is 3.94. The molecule has 1 aromatic carbocycles. The molecule has 0 saturated carbocycles. The van der Waals surface area contributed by atoms with Crippen LogP contribution < -0.4 is 5.32 Å². The molecule has 2 fully saturated rings. The monoisotopic (exact) mass is 430 g/mol. The zero-order valence-corrected chi connectivity index (χ0v) is 18.0. The number of nitrogens with zero attached hydrogens (tertiary/aromatic N) is 1. The second-order valence-electron chi connectivity index (χ2n) is 8.07. The number of carbonyl (C=O) groups excluding carboxylic acids is 2. The number of anilines is 2. The van der Waals surface area contributed by atoms with Crippen molar-refractivity contribution in [1.82, 2.24) is 4.98 Å². The summed E-state index contributed by atoms with van der Waals surface area (Å²) in [5, 5.41) is 5.81. The highest BCUT2D eigenvalue weighted by atomic mass is 32.1. The molecule has 3 atom stereocenters. The van der Waals surface area contributed by atoms with Crippen LogP contribution in [-0.2, 0) is 29.4 Å². The number of hydrogen-bond acceptors (Lipinski definition) is 8. The molecule has 7 nitrogen and oxygen atoms in total. The molecule has 2 aromatic rings. The van der Waals surface area contributed by atoms with E-state index in [1.165, 1.54) is 11.3 Å². The summed E-state index contributed by atoms with van der Waals surface area (Å²) in [5.41, 5.74) is -0.689. The minimum Gasteiger partial charge on any atom is -0.459 e. The Labute approximate surface area is 179 Å². The Morgan fingerprint density at radius 2 is 2.07 bits per heavy atom. The predicted molar refractivity (Wildman–Crippen MR) is 113 cm³/mol. The van der Waals surface area contributed by atoms with Crippen LogP contribution in [0.25, 0.3) is 0 Å². The van der Waals surface area contributed by atoms with Gasteiger partial charge in [-0.05, 0) is 25.5 Å². The Hall–Kier alpha value is -2.45. The number of thiazole rings is 1. The highest BCUT2D eigenvalue weighted by Crippen LogP contribution is 2.52. The van der Waals surface area contributed by atoms with Gasteiger partial charge in [0.15, 0.2) is 16.1 Å². The number of aromatic nitrogens is 1. The second-order valence-corrected chi connectivity index (χ2v) is 8.93. The van der Waals surface area contributed by atoms with Crippen molar-refractivity contribution in [2.45, 2.75) is 51.2 Å². The summed E-state index contributed by atoms with van der Waals surface area (Å²) in [6.45, 7) is 4.82. The van der Waals surface area contributed by atoms with Gasteiger partial charge in [-0.15, -0.1) is 11.3 Å². The molecule has 2 saturated heterocycles. The molecule has 8 heteroatoms. The number of esters is 2. The highest BCUT2D eigenvalue weighted by molar-refractivity contribution is 7.13. The van der Waals surface area contributed by atoms with E-state index < -0.39 is 29.1 Å². The molecule has 2 aliphatic rings. The van der Waals surface area contributed by atoms with Crippen molar-refractivity contribution < 1.29 is 23.8 Å². The predicted octanol–water partition coefficient (Wildman–Crippen LogP) is 4.17. The zero-order valence-electron chi connectivity index (χ0n) is 17.2. The van der Waals surface area contributed by atoms with Crippen LogP contribution in [0.2, 0.25) is 0 Å². The van der Waals surface area contributed by atoms with Gasteiger partial charge in [-0.2, -0.15) is 0 Å². The average molecular weight is 431 g/mol. The maximum atomic E-state index is 12.8. The van der Waals surface area contributed by atoms with Gasteiger partial charge in [0.05, 0.1) is 12.3 Å². The first-order chi connectivity index (χ1) is 14.4. The lowest BCUT2D eigenvalue weighted by molar-refractivity contribution is -0.160. The van der Waals surface area contributed by atoms with E-state index >= 15 is 0 Å². The van der Waals surface area contributed by atoms with Crippen LogP contribution in [0.1, 0.15) is 45.2 Å². The van der Waals surface area contributed by atoms with Gasteiger partial charge in [0.2, 0.25) is 0 Å². The summed E-state index contributed by atoms with van der Waals surface area (Å²) in [7, 11) is 0. The Kier molecular flexibility index (Phi) is 5.79. The number of hydrogen-bond donors (Lipinski definition) is 1. The van der Waals surface area contributed by atoms with Crippen LogP contribution in [0.15, 0.2) is 35.7 Å². The molecule has 0 aliphatic carbocycles. The van der Waals surface area contributed by atoms with Crippen molar-refractivity contribution in [3.63, 3.8) is 0 Å². The molecule has 4 rings (SSSR count). The number of nitrogens with one attached hydrogen (secondary N) is 1. The summed E-state index contributed by atoms with van der Waals surface area (Å²) in [6, 6.07) is 9.72. The molecule has 1 spiro atoms. The van der Waals surface area contributed by atoms with Gasteiger partial charge in [-0.25, -0.2) is 4.98 Å². The normalized spacial score (nSPS) is 28.0. The van der Waals surface area contributed by atoms with Crippen LogP contribution >= 0.6 is 11.3 Å². The first kappa shape index (κ1) is 20.8. The Bertz CT molecular complexity index is 917. The molecule has 160 valence electrons. The topological polar surface area (TPSA) is 86.8 Å². The summed E-state index contributed by atoms with van der Waals surface area (Å²) >= 11 is 1.43. The van der Waals surface area contributed by atoms with Crippen molar-refractivity contribution in [2.24, 2.45) is 5.41 Å². The number of para-hydroxylation sites is 1. The van der Waals surface area contributed by atoms with E-state index in [0.717, 1.165) is 18.5 Å². The smallest absolute Gasteiger partial charge is 0.324 e. The fraction of sp³-hybridized carbons (Fsp3) is 0.500. The number of cyclic esters (lactones) is 2. The first-order valence-electron chi connectivity index (χ1n) is 10.3. The van der Waals surface area contributed by atoms with Gasteiger partial charge < -0.3 is 19.5 Å². The third-order valence-corrected chi connectivity index (χ3v) is 6.36. The maximum Gasteiger partial charge on any atom is 0.324 e. The van der Waals surface area contributed by atoms with Crippen molar-refractivity contribution in [2.75, 3.05) is 18.5 Å². The quantitative estimate of drug-likeness (QED) is 0.382. The standard InChI is InChI=1S/C22H26N2O5S/c1-3-4-10-27-12-16-11-22(18(25)28-16)14-21(2,29-19(22)26)17-13-30-20(24-17)23-15-8-6-5-7-9-15/h5-9,13,16H,3-4,10-12,14H2,1-2H3,(H,23,24)/t16?,21?,22-/m0/s1. The molecule has 2 aliphatic heterocycles. The molecule has 1 N–H and O–H groups in total. The van der Waals surface area contributed by atoms with E-state index in [9.17, 15) is 9.59 Å². The molecule has 0 amide bonds. The second kappa shape index (κ2) is 8.35. The van der Waals surface area contributed by atoms with Crippen LogP contribution in [0.4, 0.5) is 10.8 Å². The Balaban J connectivity index is 1.45. The van der Waals surface area contributed by atoms with Gasteiger partial charge in [-0.3, -0.25) is 9.59 Å². The van der Waals surface area contributed by atoms with Gasteiger partial charge in [0.25, 0.3) is 0 Å². The summed E-state index contributed by atoms with van der Waals surface area (Å²) in [6.07, 6.45) is 2.07.